The number of amides is 3. The van der Waals surface area contributed by atoms with E-state index >= 15 is 0 Å². The van der Waals surface area contributed by atoms with E-state index in [0.29, 0.717) is 27.9 Å². The van der Waals surface area contributed by atoms with Gasteiger partial charge in [0.2, 0.25) is 5.91 Å². The number of carbonyl (C=O) groups excluding carboxylic acids is 3. The number of carboxylic acids is 1. The van der Waals surface area contributed by atoms with Gasteiger partial charge in [0.1, 0.15) is 0 Å². The number of carbonyl (C=O) groups is 4. The lowest BCUT2D eigenvalue weighted by molar-refractivity contribution is -0.114. The molecule has 12 heteroatoms. The molecule has 0 radical (unpaired) electrons. The summed E-state index contributed by atoms with van der Waals surface area (Å²) in [6.07, 6.45) is -0.629. The zero-order valence-corrected chi connectivity index (χ0v) is 20.9. The Balaban J connectivity index is 1.78. The molecule has 1 heterocycles. The van der Waals surface area contributed by atoms with Gasteiger partial charge in [-0.15, -0.1) is 0 Å². The van der Waals surface area contributed by atoms with Crippen molar-refractivity contribution in [1.29, 1.82) is 5.26 Å². The van der Waals surface area contributed by atoms with Crippen molar-refractivity contribution in [2.45, 2.75) is 13.8 Å². The van der Waals surface area contributed by atoms with Crippen molar-refractivity contribution in [2.75, 3.05) is 23.1 Å². The maximum absolute atomic E-state index is 13.2. The van der Waals surface area contributed by atoms with Gasteiger partial charge in [-0.3, -0.25) is 14.9 Å². The van der Waals surface area contributed by atoms with Gasteiger partial charge in [-0.25, -0.2) is 9.59 Å². The van der Waals surface area contributed by atoms with Crippen molar-refractivity contribution in [3.8, 4) is 17.2 Å². The minimum atomic E-state index is -1.32. The Morgan fingerprint density at radius 1 is 0.974 bits per heavy atom. The maximum Gasteiger partial charge on any atom is 0.411 e. The molecule has 0 fully saturated rings. The van der Waals surface area contributed by atoms with Crippen LogP contribution in [0.5, 0.6) is 0 Å². The van der Waals surface area contributed by atoms with Gasteiger partial charge in [0.15, 0.2) is 11.3 Å². The summed E-state index contributed by atoms with van der Waals surface area (Å²) < 4.78 is 9.98. The van der Waals surface area contributed by atoms with Crippen LogP contribution in [-0.4, -0.2) is 41.2 Å². The average molecular weight is 527 g/mol. The molecule has 0 atom stereocenters. The Bertz CT molecular complexity index is 1700. The van der Waals surface area contributed by atoms with Gasteiger partial charge < -0.3 is 25.0 Å². The zero-order chi connectivity index (χ0) is 28.3. The van der Waals surface area contributed by atoms with Crippen LogP contribution in [0.25, 0.3) is 22.1 Å². The third-order valence-electron chi connectivity index (χ3n) is 5.71. The maximum atomic E-state index is 13.2. The Labute approximate surface area is 221 Å². The van der Waals surface area contributed by atoms with Crippen LogP contribution < -0.4 is 16.0 Å². The number of rotatable bonds is 6. The highest BCUT2D eigenvalue weighted by atomic mass is 16.5. The second-order valence-corrected chi connectivity index (χ2v) is 8.38. The number of hydrogen-bond acceptors (Lipinski definition) is 8. The fraction of sp³-hybridized carbons (Fsp3) is 0.111. The number of aromatic nitrogens is 1. The quantitative estimate of drug-likeness (QED) is 0.274. The number of anilines is 3. The molecular formula is C27H21N5O7. The molecule has 0 saturated heterocycles. The third-order valence-corrected chi connectivity index (χ3v) is 5.71. The molecular weight excluding hydrogens is 506 g/mol. The van der Waals surface area contributed by atoms with Gasteiger partial charge in [0.25, 0.3) is 5.91 Å². The molecule has 0 unspecified atom stereocenters. The number of carboxylic acid groups (broad SMARTS) is 1. The average Bonchev–Trinajstić information content (AvgIpc) is 3.31. The molecule has 0 aliphatic carbocycles. The summed E-state index contributed by atoms with van der Waals surface area (Å²) in [7, 11) is 1.25. The molecule has 0 aliphatic rings. The first-order valence-electron chi connectivity index (χ1n) is 11.4. The molecule has 1 aromatic heterocycles. The lowest BCUT2D eigenvalue weighted by Gasteiger charge is -2.14. The molecule has 3 amide bonds. The van der Waals surface area contributed by atoms with E-state index in [4.69, 9.17) is 9.78 Å². The largest absolute Gasteiger partial charge is 0.478 e. The molecule has 39 heavy (non-hydrogen) atoms. The summed E-state index contributed by atoms with van der Waals surface area (Å²) in [6.45, 7) is 3.15. The minimum absolute atomic E-state index is 0.0257. The molecule has 0 saturated carbocycles. The number of aromatic carboxylic acids is 1. The molecule has 0 spiro atoms. The molecule has 196 valence electrons. The monoisotopic (exact) mass is 527 g/mol. The van der Waals surface area contributed by atoms with Crippen LogP contribution in [0.2, 0.25) is 0 Å². The summed E-state index contributed by atoms with van der Waals surface area (Å²) in [5, 5.41) is 30.6. The fourth-order valence-electron chi connectivity index (χ4n) is 3.96. The van der Waals surface area contributed by atoms with Crippen LogP contribution in [0.1, 0.15) is 38.9 Å². The van der Waals surface area contributed by atoms with Crippen molar-refractivity contribution in [1.82, 2.24) is 5.16 Å². The standard InChI is InChI=1S/C27H21N5O7/c1-13-8-16(30-27(37)38-3)5-6-17(13)18-10-20-23(11-22(18)29-14(2)33)39-32-24(20)25(34)31-21-7-4-15(12-28)9-19(21)26(35)36/h4-11H,1-3H3,(H,29,33)(H,30,37)(H,31,34)(H,35,36). The number of nitrogens with zero attached hydrogens (tertiary/aromatic N) is 2. The number of fused-ring (bicyclic) bond motifs is 1. The molecule has 0 aliphatic heterocycles. The van der Waals surface area contributed by atoms with Gasteiger partial charge in [0, 0.05) is 24.2 Å². The van der Waals surface area contributed by atoms with E-state index in [0.717, 1.165) is 11.6 Å². The van der Waals surface area contributed by atoms with Crippen LogP contribution in [0, 0.1) is 18.3 Å². The number of ether oxygens (including phenoxy) is 1. The second kappa shape index (κ2) is 10.7. The summed E-state index contributed by atoms with van der Waals surface area (Å²) in [5.74, 6) is -2.40. The van der Waals surface area contributed by atoms with Crippen molar-refractivity contribution in [3.05, 3.63) is 70.9 Å². The van der Waals surface area contributed by atoms with Gasteiger partial charge in [0.05, 0.1) is 41.1 Å². The Hall–Kier alpha value is -5.70. The van der Waals surface area contributed by atoms with Crippen molar-refractivity contribution in [3.63, 3.8) is 0 Å². The zero-order valence-electron chi connectivity index (χ0n) is 20.9. The highest BCUT2D eigenvalue weighted by Gasteiger charge is 2.22. The highest BCUT2D eigenvalue weighted by molar-refractivity contribution is 6.14. The number of methoxy groups -OCH3 is 1. The lowest BCUT2D eigenvalue weighted by atomic mass is 9.96. The van der Waals surface area contributed by atoms with E-state index in [2.05, 4.69) is 25.8 Å². The first-order chi connectivity index (χ1) is 18.6. The second-order valence-electron chi connectivity index (χ2n) is 8.38. The highest BCUT2D eigenvalue weighted by Crippen LogP contribution is 2.37. The number of nitrogens with one attached hydrogen (secondary N) is 3. The third kappa shape index (κ3) is 5.52. The van der Waals surface area contributed by atoms with Crippen molar-refractivity contribution < 1.29 is 33.5 Å². The summed E-state index contributed by atoms with van der Waals surface area (Å²) in [4.78, 5) is 48.3. The molecule has 3 aromatic carbocycles. The Kier molecular flexibility index (Phi) is 7.26. The number of nitriles is 1. The SMILES string of the molecule is COC(=O)Nc1ccc(-c2cc3c(C(=O)Nc4ccc(C#N)cc4C(=O)O)noc3cc2NC(C)=O)c(C)c1. The predicted molar refractivity (Wildman–Crippen MR) is 141 cm³/mol. The number of aryl methyl sites for hydroxylation is 1. The van der Waals surface area contributed by atoms with Gasteiger partial charge >= 0.3 is 12.1 Å². The summed E-state index contributed by atoms with van der Waals surface area (Å²) >= 11 is 0. The van der Waals surface area contributed by atoms with E-state index in [9.17, 15) is 24.3 Å². The Morgan fingerprint density at radius 3 is 2.38 bits per heavy atom. The van der Waals surface area contributed by atoms with E-state index in [1.54, 1.807) is 31.2 Å². The van der Waals surface area contributed by atoms with Crippen LogP contribution in [-0.2, 0) is 9.53 Å². The lowest BCUT2D eigenvalue weighted by Crippen LogP contribution is -2.15. The first-order valence-corrected chi connectivity index (χ1v) is 11.4. The van der Waals surface area contributed by atoms with E-state index in [1.165, 1.54) is 32.2 Å². The minimum Gasteiger partial charge on any atom is -0.478 e. The van der Waals surface area contributed by atoms with Crippen LogP contribution in [0.3, 0.4) is 0 Å². The topological polar surface area (TPSA) is 184 Å². The first kappa shape index (κ1) is 26.4. The van der Waals surface area contributed by atoms with Gasteiger partial charge in [-0.2, -0.15) is 5.26 Å². The van der Waals surface area contributed by atoms with Crippen molar-refractivity contribution in [2.24, 2.45) is 0 Å². The van der Waals surface area contributed by atoms with Gasteiger partial charge in [-0.1, -0.05) is 11.2 Å². The number of hydrogen-bond donors (Lipinski definition) is 4. The van der Waals surface area contributed by atoms with Crippen LogP contribution in [0.4, 0.5) is 21.9 Å². The predicted octanol–water partition coefficient (Wildman–Crippen LogP) is 4.76. The molecule has 4 rings (SSSR count). The molecule has 4 N–H and O–H groups in total. The van der Waals surface area contributed by atoms with E-state index in [-0.39, 0.29) is 34.0 Å². The van der Waals surface area contributed by atoms with Crippen molar-refractivity contribution >= 4 is 51.9 Å². The summed E-state index contributed by atoms with van der Waals surface area (Å²) in [6, 6.07) is 14.0. The van der Waals surface area contributed by atoms with Crippen LogP contribution in [0.15, 0.2) is 53.1 Å². The van der Waals surface area contributed by atoms with Crippen LogP contribution >= 0.6 is 0 Å². The normalized spacial score (nSPS) is 10.4. The van der Waals surface area contributed by atoms with E-state index < -0.39 is 18.0 Å². The molecule has 0 bridgehead atoms. The number of benzene rings is 3. The molecule has 4 aromatic rings. The van der Waals surface area contributed by atoms with Gasteiger partial charge in [-0.05, 0) is 54.4 Å². The molecule has 12 nitrogen and oxygen atoms in total. The van der Waals surface area contributed by atoms with E-state index in [1.807, 2.05) is 6.07 Å². The fourth-order valence-corrected chi connectivity index (χ4v) is 3.96. The Morgan fingerprint density at radius 2 is 1.74 bits per heavy atom. The smallest absolute Gasteiger partial charge is 0.411 e. The summed E-state index contributed by atoms with van der Waals surface area (Å²) in [5.41, 5.74) is 2.77.